The minimum absolute atomic E-state index is 0.0611. The van der Waals surface area contributed by atoms with E-state index >= 15 is 0 Å². The van der Waals surface area contributed by atoms with Crippen molar-refractivity contribution in [3.05, 3.63) is 54.1 Å². The van der Waals surface area contributed by atoms with Crippen molar-refractivity contribution in [2.24, 2.45) is 0 Å². The molecule has 1 atom stereocenters. The Balaban J connectivity index is 1.61. The number of aromatic nitrogens is 2. The first-order chi connectivity index (χ1) is 12.5. The zero-order chi connectivity index (χ0) is 18.4. The van der Waals surface area contributed by atoms with Crippen LogP contribution >= 0.6 is 0 Å². The molecular weight excluding hydrogens is 356 g/mol. The zero-order valence-corrected chi connectivity index (χ0v) is 14.9. The number of benzene rings is 1. The van der Waals surface area contributed by atoms with E-state index in [1.54, 1.807) is 30.7 Å². The molecule has 26 heavy (non-hydrogen) atoms. The summed E-state index contributed by atoms with van der Waals surface area (Å²) in [5, 5.41) is 2.76. The number of ether oxygens (including phenoxy) is 1. The van der Waals surface area contributed by atoms with Crippen LogP contribution in [0.1, 0.15) is 22.5 Å². The quantitative estimate of drug-likeness (QED) is 0.729. The molecule has 9 heteroatoms. The topological polar surface area (TPSA) is 110 Å². The molecule has 0 radical (unpaired) electrons. The SMILES string of the molecule is O=C(NCCc1cnccn1)c1cccc(S(=O)(=O)N[C@@H]2CCOC2)c1. The first kappa shape index (κ1) is 18.4. The van der Waals surface area contributed by atoms with Gasteiger partial charge in [0.2, 0.25) is 10.0 Å². The van der Waals surface area contributed by atoms with Gasteiger partial charge < -0.3 is 10.1 Å². The molecule has 0 unspecified atom stereocenters. The summed E-state index contributed by atoms with van der Waals surface area (Å²) in [6, 6.07) is 5.74. The average Bonchev–Trinajstić information content (AvgIpc) is 3.15. The number of rotatable bonds is 7. The van der Waals surface area contributed by atoms with Crippen LogP contribution in [0.3, 0.4) is 0 Å². The Labute approximate surface area is 152 Å². The fraction of sp³-hybridized carbons (Fsp3) is 0.353. The van der Waals surface area contributed by atoms with Crippen LogP contribution in [-0.4, -0.2) is 50.1 Å². The second-order valence-corrected chi connectivity index (χ2v) is 7.63. The molecule has 8 nitrogen and oxygen atoms in total. The van der Waals surface area contributed by atoms with Gasteiger partial charge in [-0.05, 0) is 24.6 Å². The number of hydrogen-bond donors (Lipinski definition) is 2. The average molecular weight is 376 g/mol. The smallest absolute Gasteiger partial charge is 0.251 e. The summed E-state index contributed by atoms with van der Waals surface area (Å²) in [5.74, 6) is -0.338. The first-order valence-corrected chi connectivity index (χ1v) is 9.76. The lowest BCUT2D eigenvalue weighted by molar-refractivity contribution is 0.0954. The molecule has 3 rings (SSSR count). The summed E-state index contributed by atoms with van der Waals surface area (Å²) in [6.07, 6.45) is 5.99. The van der Waals surface area contributed by atoms with E-state index in [1.165, 1.54) is 12.1 Å². The van der Waals surface area contributed by atoms with Gasteiger partial charge in [0.15, 0.2) is 0 Å². The maximum absolute atomic E-state index is 12.4. The lowest BCUT2D eigenvalue weighted by atomic mass is 10.2. The molecule has 0 aliphatic carbocycles. The number of carbonyl (C=O) groups excluding carboxylic acids is 1. The van der Waals surface area contributed by atoms with Crippen LogP contribution in [0, 0.1) is 0 Å². The fourth-order valence-corrected chi connectivity index (χ4v) is 3.89. The van der Waals surface area contributed by atoms with Crippen molar-refractivity contribution in [2.45, 2.75) is 23.8 Å². The van der Waals surface area contributed by atoms with E-state index in [4.69, 9.17) is 4.74 Å². The van der Waals surface area contributed by atoms with Crippen molar-refractivity contribution in [1.82, 2.24) is 20.0 Å². The van der Waals surface area contributed by atoms with Crippen LogP contribution in [0.4, 0.5) is 0 Å². The molecule has 0 saturated carbocycles. The fourth-order valence-electron chi connectivity index (χ4n) is 2.58. The number of amides is 1. The standard InChI is InChI=1S/C17H20N4O4S/c22-17(20-6-4-14-11-18-7-8-19-14)13-2-1-3-16(10-13)26(23,24)21-15-5-9-25-12-15/h1-3,7-8,10-11,15,21H,4-6,9,12H2,(H,20,22)/t15-/m1/s1. The van der Waals surface area contributed by atoms with E-state index in [0.717, 1.165) is 5.69 Å². The van der Waals surface area contributed by atoms with Gasteiger partial charge in [-0.15, -0.1) is 0 Å². The molecule has 1 aliphatic rings. The first-order valence-electron chi connectivity index (χ1n) is 8.28. The van der Waals surface area contributed by atoms with E-state index < -0.39 is 10.0 Å². The maximum atomic E-state index is 12.4. The predicted molar refractivity (Wildman–Crippen MR) is 94.1 cm³/mol. The molecule has 0 spiro atoms. The van der Waals surface area contributed by atoms with E-state index in [9.17, 15) is 13.2 Å². The Morgan fingerprint density at radius 1 is 1.31 bits per heavy atom. The number of hydrogen-bond acceptors (Lipinski definition) is 6. The largest absolute Gasteiger partial charge is 0.380 e. The van der Waals surface area contributed by atoms with E-state index in [-0.39, 0.29) is 22.4 Å². The second-order valence-electron chi connectivity index (χ2n) is 5.91. The molecule has 0 bridgehead atoms. The summed E-state index contributed by atoms with van der Waals surface area (Å²) in [7, 11) is -3.69. The van der Waals surface area contributed by atoms with Gasteiger partial charge in [-0.3, -0.25) is 14.8 Å². The van der Waals surface area contributed by atoms with Crippen molar-refractivity contribution in [3.63, 3.8) is 0 Å². The van der Waals surface area contributed by atoms with Crippen LogP contribution in [0.2, 0.25) is 0 Å². The van der Waals surface area contributed by atoms with Crippen molar-refractivity contribution in [3.8, 4) is 0 Å². The summed E-state index contributed by atoms with van der Waals surface area (Å²) >= 11 is 0. The lowest BCUT2D eigenvalue weighted by Gasteiger charge is -2.12. The van der Waals surface area contributed by atoms with Gasteiger partial charge in [0.1, 0.15) is 0 Å². The van der Waals surface area contributed by atoms with E-state index in [0.29, 0.717) is 32.6 Å². The molecule has 1 aromatic heterocycles. The summed E-state index contributed by atoms with van der Waals surface area (Å²) < 4.78 is 32.7. The highest BCUT2D eigenvalue weighted by Crippen LogP contribution is 2.14. The Kier molecular flexibility index (Phi) is 5.92. The van der Waals surface area contributed by atoms with Gasteiger partial charge >= 0.3 is 0 Å². The molecule has 1 amide bonds. The zero-order valence-electron chi connectivity index (χ0n) is 14.1. The molecule has 1 saturated heterocycles. The molecule has 138 valence electrons. The predicted octanol–water partition coefficient (Wildman–Crippen LogP) is 0.516. The van der Waals surface area contributed by atoms with Crippen LogP contribution in [0.25, 0.3) is 0 Å². The highest BCUT2D eigenvalue weighted by atomic mass is 32.2. The number of nitrogens with zero attached hydrogens (tertiary/aromatic N) is 2. The van der Waals surface area contributed by atoms with Gasteiger partial charge in [-0.2, -0.15) is 0 Å². The molecule has 2 aromatic rings. The van der Waals surface area contributed by atoms with Gasteiger partial charge in [0.05, 0.1) is 17.2 Å². The Bertz CT molecular complexity index is 852. The van der Waals surface area contributed by atoms with Crippen molar-refractivity contribution in [1.29, 1.82) is 0 Å². The van der Waals surface area contributed by atoms with Crippen LogP contribution in [0.15, 0.2) is 47.8 Å². The molecule has 2 N–H and O–H groups in total. The van der Waals surface area contributed by atoms with E-state index in [1.807, 2.05) is 0 Å². The summed E-state index contributed by atoms with van der Waals surface area (Å²) in [4.78, 5) is 20.4. The summed E-state index contributed by atoms with van der Waals surface area (Å²) in [5.41, 5.74) is 1.06. The Morgan fingerprint density at radius 3 is 2.92 bits per heavy atom. The van der Waals surface area contributed by atoms with Crippen molar-refractivity contribution in [2.75, 3.05) is 19.8 Å². The second kappa shape index (κ2) is 8.35. The normalized spacial score (nSPS) is 17.2. The van der Waals surface area contributed by atoms with Crippen LogP contribution in [0.5, 0.6) is 0 Å². The number of carbonyl (C=O) groups is 1. The minimum atomic E-state index is -3.69. The third kappa shape index (κ3) is 4.84. The van der Waals surface area contributed by atoms with Crippen molar-refractivity contribution >= 4 is 15.9 Å². The maximum Gasteiger partial charge on any atom is 0.251 e. The molecule has 1 fully saturated rings. The Morgan fingerprint density at radius 2 is 2.19 bits per heavy atom. The minimum Gasteiger partial charge on any atom is -0.380 e. The van der Waals surface area contributed by atoms with Crippen LogP contribution in [-0.2, 0) is 21.2 Å². The number of nitrogens with one attached hydrogen (secondary N) is 2. The molecule has 1 aromatic carbocycles. The third-order valence-corrected chi connectivity index (χ3v) is 5.46. The number of sulfonamides is 1. The van der Waals surface area contributed by atoms with E-state index in [2.05, 4.69) is 20.0 Å². The van der Waals surface area contributed by atoms with Gasteiger partial charge in [-0.25, -0.2) is 13.1 Å². The van der Waals surface area contributed by atoms with Gasteiger partial charge in [0, 0.05) is 49.8 Å². The highest BCUT2D eigenvalue weighted by molar-refractivity contribution is 7.89. The Hall–Kier alpha value is -2.36. The third-order valence-electron chi connectivity index (χ3n) is 3.94. The van der Waals surface area contributed by atoms with Crippen molar-refractivity contribution < 1.29 is 17.9 Å². The van der Waals surface area contributed by atoms with Gasteiger partial charge in [0.25, 0.3) is 5.91 Å². The summed E-state index contributed by atoms with van der Waals surface area (Å²) in [6.45, 7) is 1.29. The monoisotopic (exact) mass is 376 g/mol. The highest BCUT2D eigenvalue weighted by Gasteiger charge is 2.24. The van der Waals surface area contributed by atoms with Gasteiger partial charge in [-0.1, -0.05) is 6.07 Å². The molecule has 2 heterocycles. The lowest BCUT2D eigenvalue weighted by Crippen LogP contribution is -2.35. The molecular formula is C17H20N4O4S. The molecule has 1 aliphatic heterocycles. The van der Waals surface area contributed by atoms with Crippen LogP contribution < -0.4 is 10.0 Å².